The van der Waals surface area contributed by atoms with Gasteiger partial charge in [0, 0.05) is 5.03 Å². The molecule has 1 aliphatic rings. The van der Waals surface area contributed by atoms with E-state index in [1.165, 1.54) is 38.6 Å². The maximum Gasteiger partial charge on any atom is 0.0334 e. The van der Waals surface area contributed by atoms with Crippen molar-refractivity contribution in [2.75, 3.05) is 27.2 Å². The molecule has 3 heteroatoms. The molecule has 116 valence electrons. The van der Waals surface area contributed by atoms with Gasteiger partial charge in [-0.15, -0.1) is 0 Å². The van der Waals surface area contributed by atoms with Crippen molar-refractivity contribution in [1.29, 1.82) is 0 Å². The van der Waals surface area contributed by atoms with Gasteiger partial charge in [-0.05, 0) is 58.4 Å². The van der Waals surface area contributed by atoms with Gasteiger partial charge in [0.25, 0.3) is 0 Å². The first-order chi connectivity index (χ1) is 9.60. The van der Waals surface area contributed by atoms with Gasteiger partial charge in [-0.1, -0.05) is 55.7 Å². The molecule has 0 amide bonds. The Morgan fingerprint density at radius 1 is 1.10 bits per heavy atom. The van der Waals surface area contributed by atoms with Gasteiger partial charge in [0.05, 0.1) is 0 Å². The van der Waals surface area contributed by atoms with Crippen LogP contribution in [0.15, 0.2) is 35.9 Å². The van der Waals surface area contributed by atoms with E-state index in [0.717, 1.165) is 24.5 Å². The van der Waals surface area contributed by atoms with Crippen LogP contribution in [0, 0.1) is 5.92 Å². The van der Waals surface area contributed by atoms with Crippen LogP contribution in [0.1, 0.15) is 38.5 Å². The molecule has 20 heavy (non-hydrogen) atoms. The van der Waals surface area contributed by atoms with E-state index in [1.807, 2.05) is 13.1 Å². The van der Waals surface area contributed by atoms with E-state index in [4.69, 9.17) is 11.6 Å². The number of hydrogen-bond acceptors (Lipinski definition) is 2. The highest BCUT2D eigenvalue weighted by Gasteiger charge is 2.11. The minimum Gasteiger partial charge on any atom is -0.319 e. The Morgan fingerprint density at radius 2 is 1.75 bits per heavy atom. The third-order valence-electron chi connectivity index (χ3n) is 3.41. The number of nitrogens with one attached hydrogen (secondary N) is 2. The molecule has 1 fully saturated rings. The number of allylic oxidation sites excluding steroid dienone is 3. The van der Waals surface area contributed by atoms with Gasteiger partial charge in [0.15, 0.2) is 0 Å². The molecule has 0 bridgehead atoms. The predicted octanol–water partition coefficient (Wildman–Crippen LogP) is 4.25. The standard InChI is InChI=1S/C9H14ClN.C8H17N/c1-8(6-7-11-3)4-5-9(2)10;1-9-7-8-5-3-2-4-6-8/h4-5,11H,1-2,6-7H2,3H3;8-9H,2-7H2,1H3/b5-4-;. The summed E-state index contributed by atoms with van der Waals surface area (Å²) in [7, 11) is 3.96. The fourth-order valence-corrected chi connectivity index (χ4v) is 2.32. The molecule has 0 atom stereocenters. The number of hydrogen-bond donors (Lipinski definition) is 2. The van der Waals surface area contributed by atoms with Crippen molar-refractivity contribution in [3.05, 3.63) is 35.9 Å². The third-order valence-corrected chi connectivity index (χ3v) is 3.54. The largest absolute Gasteiger partial charge is 0.319 e. The maximum atomic E-state index is 5.52. The molecule has 0 saturated heterocycles. The summed E-state index contributed by atoms with van der Waals surface area (Å²) in [6.07, 6.45) is 11.9. The summed E-state index contributed by atoms with van der Waals surface area (Å²) in [6, 6.07) is 0. The summed E-state index contributed by atoms with van der Waals surface area (Å²) >= 11 is 5.52. The van der Waals surface area contributed by atoms with E-state index in [1.54, 1.807) is 6.08 Å². The van der Waals surface area contributed by atoms with Crippen molar-refractivity contribution in [3.63, 3.8) is 0 Å². The second kappa shape index (κ2) is 13.4. The molecule has 0 spiro atoms. The van der Waals surface area contributed by atoms with Crippen LogP contribution < -0.4 is 10.6 Å². The van der Waals surface area contributed by atoms with Crippen LogP contribution in [0.3, 0.4) is 0 Å². The summed E-state index contributed by atoms with van der Waals surface area (Å²) in [5, 5.41) is 6.81. The van der Waals surface area contributed by atoms with Crippen LogP contribution in [0.25, 0.3) is 0 Å². The quantitative estimate of drug-likeness (QED) is 0.687. The molecule has 0 aromatic rings. The van der Waals surface area contributed by atoms with E-state index in [9.17, 15) is 0 Å². The first kappa shape index (κ1) is 19.4. The zero-order valence-corrected chi connectivity index (χ0v) is 13.9. The summed E-state index contributed by atoms with van der Waals surface area (Å²) < 4.78 is 0. The van der Waals surface area contributed by atoms with Crippen molar-refractivity contribution in [2.24, 2.45) is 5.92 Å². The van der Waals surface area contributed by atoms with Crippen LogP contribution in [0.5, 0.6) is 0 Å². The Bertz CT molecular complexity index is 289. The maximum absolute atomic E-state index is 5.52. The lowest BCUT2D eigenvalue weighted by Gasteiger charge is -2.20. The van der Waals surface area contributed by atoms with Gasteiger partial charge in [-0.25, -0.2) is 0 Å². The van der Waals surface area contributed by atoms with Crippen LogP contribution in [0.2, 0.25) is 0 Å². The molecule has 0 unspecified atom stereocenters. The van der Waals surface area contributed by atoms with Crippen LogP contribution in [0.4, 0.5) is 0 Å². The molecule has 0 aliphatic heterocycles. The highest BCUT2D eigenvalue weighted by atomic mass is 35.5. The SMILES string of the molecule is C=C(Cl)/C=C\C(=C)CCNC.CNCC1CCCCC1. The summed E-state index contributed by atoms with van der Waals surface area (Å²) in [5.74, 6) is 0.990. The Kier molecular flexibility index (Phi) is 13.0. The molecule has 0 heterocycles. The lowest BCUT2D eigenvalue weighted by Crippen LogP contribution is -2.20. The van der Waals surface area contributed by atoms with Gasteiger partial charge in [-0.2, -0.15) is 0 Å². The number of halogens is 1. The molecule has 0 radical (unpaired) electrons. The molecular formula is C17H31ClN2. The lowest BCUT2D eigenvalue weighted by atomic mass is 9.89. The average molecular weight is 299 g/mol. The second-order valence-corrected chi connectivity index (χ2v) is 5.84. The fourth-order valence-electron chi connectivity index (χ4n) is 2.26. The van der Waals surface area contributed by atoms with Crippen molar-refractivity contribution in [2.45, 2.75) is 38.5 Å². The minimum absolute atomic E-state index is 0.538. The summed E-state index contributed by atoms with van der Waals surface area (Å²) in [5.41, 5.74) is 1.06. The Morgan fingerprint density at radius 3 is 2.25 bits per heavy atom. The van der Waals surface area contributed by atoms with Crippen LogP contribution in [-0.4, -0.2) is 27.2 Å². The van der Waals surface area contributed by atoms with Gasteiger partial charge >= 0.3 is 0 Å². The molecule has 1 aliphatic carbocycles. The van der Waals surface area contributed by atoms with Crippen molar-refractivity contribution >= 4 is 11.6 Å². The van der Waals surface area contributed by atoms with E-state index < -0.39 is 0 Å². The molecule has 0 aromatic carbocycles. The second-order valence-electron chi connectivity index (χ2n) is 5.35. The Balaban J connectivity index is 0.000000367. The molecule has 1 saturated carbocycles. The zero-order valence-electron chi connectivity index (χ0n) is 13.2. The van der Waals surface area contributed by atoms with E-state index in [-0.39, 0.29) is 0 Å². The van der Waals surface area contributed by atoms with Crippen molar-refractivity contribution < 1.29 is 0 Å². The van der Waals surface area contributed by atoms with Crippen LogP contribution in [-0.2, 0) is 0 Å². The van der Waals surface area contributed by atoms with Gasteiger partial charge in [0.1, 0.15) is 0 Å². The molecule has 0 aromatic heterocycles. The topological polar surface area (TPSA) is 24.1 Å². The number of rotatable bonds is 7. The highest BCUT2D eigenvalue weighted by Crippen LogP contribution is 2.22. The Hall–Kier alpha value is -0.570. The van der Waals surface area contributed by atoms with Gasteiger partial charge in [-0.3, -0.25) is 0 Å². The molecule has 2 nitrogen and oxygen atoms in total. The highest BCUT2D eigenvalue weighted by molar-refractivity contribution is 6.30. The van der Waals surface area contributed by atoms with E-state index in [2.05, 4.69) is 30.8 Å². The fraction of sp³-hybridized carbons (Fsp3) is 0.647. The van der Waals surface area contributed by atoms with Crippen LogP contribution >= 0.6 is 11.6 Å². The lowest BCUT2D eigenvalue weighted by molar-refractivity contribution is 0.350. The minimum atomic E-state index is 0.538. The average Bonchev–Trinajstić information content (AvgIpc) is 2.45. The van der Waals surface area contributed by atoms with E-state index in [0.29, 0.717) is 5.03 Å². The monoisotopic (exact) mass is 298 g/mol. The molecule has 2 N–H and O–H groups in total. The normalized spacial score (nSPS) is 15.8. The predicted molar refractivity (Wildman–Crippen MR) is 92.3 cm³/mol. The summed E-state index contributed by atoms with van der Waals surface area (Å²) in [4.78, 5) is 0. The Labute approximate surface area is 130 Å². The van der Waals surface area contributed by atoms with Crippen molar-refractivity contribution in [1.82, 2.24) is 10.6 Å². The van der Waals surface area contributed by atoms with E-state index >= 15 is 0 Å². The molecule has 1 rings (SSSR count). The zero-order chi connectivity index (χ0) is 15.2. The van der Waals surface area contributed by atoms with Gasteiger partial charge < -0.3 is 10.6 Å². The summed E-state index contributed by atoms with van der Waals surface area (Å²) in [6.45, 7) is 9.55. The first-order valence-corrected chi connectivity index (χ1v) is 7.97. The van der Waals surface area contributed by atoms with Crippen molar-refractivity contribution in [3.8, 4) is 0 Å². The first-order valence-electron chi connectivity index (χ1n) is 7.59. The van der Waals surface area contributed by atoms with Gasteiger partial charge in [0.2, 0.25) is 0 Å². The third kappa shape index (κ3) is 12.5. The molecular weight excluding hydrogens is 268 g/mol. The smallest absolute Gasteiger partial charge is 0.0334 e.